The van der Waals surface area contributed by atoms with E-state index in [1.54, 1.807) is 0 Å². The highest BCUT2D eigenvalue weighted by molar-refractivity contribution is 4.96. The van der Waals surface area contributed by atoms with Gasteiger partial charge in [0.05, 0.1) is 0 Å². The Hall–Kier alpha value is -0.560. The van der Waals surface area contributed by atoms with Gasteiger partial charge in [0.2, 0.25) is 0 Å². The summed E-state index contributed by atoms with van der Waals surface area (Å²) in [5.74, 6) is 0. The zero-order chi connectivity index (χ0) is 14.5. The van der Waals surface area contributed by atoms with Gasteiger partial charge in [-0.15, -0.1) is 0 Å². The maximum absolute atomic E-state index is 2.42. The minimum absolute atomic E-state index is 0. The van der Waals surface area contributed by atoms with E-state index in [1.165, 1.54) is 76.4 Å². The first-order valence-electron chi connectivity index (χ1n) is 8.85. The molecule has 0 saturated carbocycles. The lowest BCUT2D eigenvalue weighted by Gasteiger charge is -2.03. The van der Waals surface area contributed by atoms with Crippen molar-refractivity contribution in [2.75, 3.05) is 0 Å². The standard InChI is InChI=1S/C19H34N.ClH/c1-3-5-6-7-8-9-10-11-12-14-17-20-18-15-13-16-19(20)4-2;/h13,15-16,18H,3-12,14,17H2,1-2H3;1H/q+1;/p-1. The maximum atomic E-state index is 2.42. The van der Waals surface area contributed by atoms with Crippen molar-refractivity contribution in [3.63, 3.8) is 0 Å². The third-order valence-electron chi connectivity index (χ3n) is 4.15. The van der Waals surface area contributed by atoms with Crippen LogP contribution in [0.5, 0.6) is 0 Å². The number of hydrogen-bond donors (Lipinski definition) is 0. The van der Waals surface area contributed by atoms with Crippen LogP contribution >= 0.6 is 0 Å². The second-order valence-corrected chi connectivity index (χ2v) is 5.92. The van der Waals surface area contributed by atoms with Crippen molar-refractivity contribution in [1.29, 1.82) is 0 Å². The molecule has 21 heavy (non-hydrogen) atoms. The van der Waals surface area contributed by atoms with Gasteiger partial charge in [-0.2, -0.15) is 0 Å². The minimum atomic E-state index is 0. The Balaban J connectivity index is 0.00000400. The van der Waals surface area contributed by atoms with Gasteiger partial charge in [0, 0.05) is 25.0 Å². The first-order valence-corrected chi connectivity index (χ1v) is 8.85. The van der Waals surface area contributed by atoms with Crippen LogP contribution in [0.1, 0.15) is 83.7 Å². The molecular weight excluding hydrogens is 278 g/mol. The van der Waals surface area contributed by atoms with Crippen molar-refractivity contribution in [3.05, 3.63) is 30.1 Å². The Bertz CT molecular complexity index is 338. The second kappa shape index (κ2) is 14.4. The lowest BCUT2D eigenvalue weighted by atomic mass is 10.1. The Morgan fingerprint density at radius 2 is 1.33 bits per heavy atom. The molecule has 0 spiro atoms. The summed E-state index contributed by atoms with van der Waals surface area (Å²) in [6.45, 7) is 5.72. The number of hydrogen-bond acceptors (Lipinski definition) is 0. The third kappa shape index (κ3) is 9.90. The lowest BCUT2D eigenvalue weighted by molar-refractivity contribution is -0.704. The predicted octanol–water partition coefficient (Wildman–Crippen LogP) is 2.46. The van der Waals surface area contributed by atoms with Gasteiger partial charge in [-0.3, -0.25) is 0 Å². The molecule has 1 nitrogen and oxygen atoms in total. The lowest BCUT2D eigenvalue weighted by Crippen LogP contribution is -3.00. The fourth-order valence-corrected chi connectivity index (χ4v) is 2.82. The zero-order valence-corrected chi connectivity index (χ0v) is 14.9. The molecular formula is C19H34ClN. The van der Waals surface area contributed by atoms with Crippen LogP contribution in [0.2, 0.25) is 0 Å². The molecule has 1 aromatic rings. The van der Waals surface area contributed by atoms with E-state index in [1.807, 2.05) is 0 Å². The molecule has 0 aliphatic carbocycles. The first-order chi connectivity index (χ1) is 9.88. The number of unbranched alkanes of at least 4 members (excludes halogenated alkanes) is 9. The van der Waals surface area contributed by atoms with Crippen molar-refractivity contribution in [1.82, 2.24) is 0 Å². The van der Waals surface area contributed by atoms with Crippen LogP contribution in [-0.2, 0) is 13.0 Å². The van der Waals surface area contributed by atoms with E-state index in [9.17, 15) is 0 Å². The predicted molar refractivity (Wildman–Crippen MR) is 87.9 cm³/mol. The Kier molecular flexibility index (Phi) is 14.0. The highest BCUT2D eigenvalue weighted by atomic mass is 35.5. The Morgan fingerprint density at radius 3 is 1.90 bits per heavy atom. The van der Waals surface area contributed by atoms with Crippen LogP contribution in [0.25, 0.3) is 0 Å². The molecule has 1 rings (SSSR count). The van der Waals surface area contributed by atoms with Gasteiger partial charge in [0.1, 0.15) is 6.54 Å². The average Bonchev–Trinajstić information content (AvgIpc) is 2.49. The summed E-state index contributed by atoms with van der Waals surface area (Å²) < 4.78 is 2.42. The van der Waals surface area contributed by atoms with Gasteiger partial charge >= 0.3 is 0 Å². The molecule has 0 unspecified atom stereocenters. The third-order valence-corrected chi connectivity index (χ3v) is 4.15. The molecule has 0 atom stereocenters. The van der Waals surface area contributed by atoms with Crippen LogP contribution in [0.3, 0.4) is 0 Å². The zero-order valence-electron chi connectivity index (χ0n) is 14.1. The summed E-state index contributed by atoms with van der Waals surface area (Å²) in [4.78, 5) is 0. The molecule has 0 bridgehead atoms. The van der Waals surface area contributed by atoms with E-state index in [-0.39, 0.29) is 12.4 Å². The van der Waals surface area contributed by atoms with Crippen molar-refractivity contribution < 1.29 is 17.0 Å². The molecule has 0 amide bonds. The molecule has 0 aromatic carbocycles. The summed E-state index contributed by atoms with van der Waals surface area (Å²) in [7, 11) is 0. The van der Waals surface area contributed by atoms with Crippen molar-refractivity contribution >= 4 is 0 Å². The fraction of sp³-hybridized carbons (Fsp3) is 0.737. The van der Waals surface area contributed by atoms with Gasteiger partial charge in [0.25, 0.3) is 0 Å². The summed E-state index contributed by atoms with van der Waals surface area (Å²) >= 11 is 0. The molecule has 0 aliphatic rings. The monoisotopic (exact) mass is 311 g/mol. The minimum Gasteiger partial charge on any atom is -1.00 e. The van der Waals surface area contributed by atoms with E-state index in [4.69, 9.17) is 0 Å². The van der Waals surface area contributed by atoms with Gasteiger partial charge in [-0.1, -0.05) is 71.3 Å². The van der Waals surface area contributed by atoms with Gasteiger partial charge in [-0.05, 0) is 6.42 Å². The number of aromatic nitrogens is 1. The molecule has 1 heterocycles. The van der Waals surface area contributed by atoms with Crippen molar-refractivity contribution in [2.45, 2.75) is 91.0 Å². The quantitative estimate of drug-likeness (QED) is 0.412. The van der Waals surface area contributed by atoms with Crippen LogP contribution in [-0.4, -0.2) is 0 Å². The smallest absolute Gasteiger partial charge is 0.181 e. The molecule has 0 saturated heterocycles. The fourth-order valence-electron chi connectivity index (χ4n) is 2.82. The summed E-state index contributed by atoms with van der Waals surface area (Å²) in [5, 5.41) is 0. The van der Waals surface area contributed by atoms with E-state index in [0.29, 0.717) is 0 Å². The largest absolute Gasteiger partial charge is 1.00 e. The Morgan fingerprint density at radius 1 is 0.762 bits per heavy atom. The highest BCUT2D eigenvalue weighted by Crippen LogP contribution is 2.10. The van der Waals surface area contributed by atoms with Crippen LogP contribution in [0.15, 0.2) is 24.4 Å². The highest BCUT2D eigenvalue weighted by Gasteiger charge is 2.05. The SMILES string of the molecule is CCCCCCCCCCCC[n+]1ccccc1CC.[Cl-]. The van der Waals surface area contributed by atoms with Gasteiger partial charge in [-0.25, -0.2) is 4.57 Å². The molecule has 1 aromatic heterocycles. The van der Waals surface area contributed by atoms with Gasteiger partial charge in [0.15, 0.2) is 11.9 Å². The van der Waals surface area contributed by atoms with Crippen LogP contribution in [0.4, 0.5) is 0 Å². The molecule has 0 radical (unpaired) electrons. The first kappa shape index (κ1) is 20.4. The number of pyridine rings is 1. The summed E-state index contributed by atoms with van der Waals surface area (Å²) in [6.07, 6.45) is 17.5. The summed E-state index contributed by atoms with van der Waals surface area (Å²) in [6, 6.07) is 6.54. The van der Waals surface area contributed by atoms with E-state index < -0.39 is 0 Å². The molecule has 0 fully saturated rings. The Labute approximate surface area is 138 Å². The van der Waals surface area contributed by atoms with Crippen LogP contribution < -0.4 is 17.0 Å². The van der Waals surface area contributed by atoms with Crippen molar-refractivity contribution in [3.8, 4) is 0 Å². The maximum Gasteiger partial charge on any atom is 0.181 e. The number of halogens is 1. The second-order valence-electron chi connectivity index (χ2n) is 5.92. The molecule has 0 N–H and O–H groups in total. The van der Waals surface area contributed by atoms with Gasteiger partial charge < -0.3 is 12.4 Å². The van der Waals surface area contributed by atoms with Crippen LogP contribution in [0, 0.1) is 0 Å². The van der Waals surface area contributed by atoms with E-state index in [2.05, 4.69) is 42.8 Å². The van der Waals surface area contributed by atoms with Crippen molar-refractivity contribution in [2.24, 2.45) is 0 Å². The van der Waals surface area contributed by atoms with E-state index in [0.717, 1.165) is 6.42 Å². The van der Waals surface area contributed by atoms with E-state index >= 15 is 0 Å². The summed E-state index contributed by atoms with van der Waals surface area (Å²) in [5.41, 5.74) is 1.46. The number of aryl methyl sites for hydroxylation is 2. The molecule has 0 aliphatic heterocycles. The molecule has 122 valence electrons. The topological polar surface area (TPSA) is 3.88 Å². The average molecular weight is 312 g/mol. The number of rotatable bonds is 12. The number of nitrogens with zero attached hydrogens (tertiary/aromatic N) is 1. The normalized spacial score (nSPS) is 10.4. The molecule has 2 heteroatoms.